The van der Waals surface area contributed by atoms with E-state index in [4.69, 9.17) is 4.84 Å². The van der Waals surface area contributed by atoms with Crippen LogP contribution in [0.3, 0.4) is 0 Å². The molecule has 182 valence electrons. The highest BCUT2D eigenvalue weighted by molar-refractivity contribution is 7.93. The van der Waals surface area contributed by atoms with Gasteiger partial charge in [0.25, 0.3) is 5.91 Å². The van der Waals surface area contributed by atoms with E-state index >= 15 is 0 Å². The third-order valence-corrected chi connectivity index (χ3v) is 7.42. The van der Waals surface area contributed by atoms with Gasteiger partial charge in [-0.15, -0.1) is 0 Å². The van der Waals surface area contributed by atoms with E-state index in [1.165, 1.54) is 23.1 Å². The number of hydrogen-bond acceptors (Lipinski definition) is 5. The van der Waals surface area contributed by atoms with Gasteiger partial charge in [-0.25, -0.2) is 0 Å². The third kappa shape index (κ3) is 4.89. The largest absolute Gasteiger partial charge is 0.516 e. The van der Waals surface area contributed by atoms with Crippen LogP contribution in [0, 0.1) is 5.41 Å². The van der Waals surface area contributed by atoms with Gasteiger partial charge in [-0.3, -0.25) is 9.52 Å². The smallest absolute Gasteiger partial charge is 0.357 e. The first kappa shape index (κ1) is 24.1. The average Bonchev–Trinajstić information content (AvgIpc) is 3.26. The summed E-state index contributed by atoms with van der Waals surface area (Å²) in [6, 6.07) is 14.6. The second-order valence-electron chi connectivity index (χ2n) is 8.52. The minimum absolute atomic E-state index is 0.0736. The van der Waals surface area contributed by atoms with Gasteiger partial charge in [0.15, 0.2) is 11.5 Å². The highest BCUT2D eigenvalue weighted by Crippen LogP contribution is 2.45. The summed E-state index contributed by atoms with van der Waals surface area (Å²) in [6.45, 7) is 0.305. The molecule has 1 aliphatic carbocycles. The van der Waals surface area contributed by atoms with Crippen molar-refractivity contribution in [3.05, 3.63) is 60.2 Å². The minimum atomic E-state index is -5.59. The summed E-state index contributed by atoms with van der Waals surface area (Å²) in [5, 5.41) is 4.24. The fourth-order valence-electron chi connectivity index (χ4n) is 4.52. The Hall–Kier alpha value is -3.08. The molecule has 2 aliphatic rings. The third-order valence-electron chi connectivity index (χ3n) is 6.33. The predicted octanol–water partition coefficient (Wildman–Crippen LogP) is 4.68. The monoisotopic (exact) mass is 495 g/mol. The van der Waals surface area contributed by atoms with Crippen molar-refractivity contribution in [2.24, 2.45) is 10.6 Å². The Morgan fingerprint density at radius 3 is 2.32 bits per heavy atom. The van der Waals surface area contributed by atoms with Gasteiger partial charge >= 0.3 is 15.5 Å². The van der Waals surface area contributed by atoms with E-state index in [0.717, 1.165) is 25.7 Å². The van der Waals surface area contributed by atoms with E-state index < -0.39 is 15.5 Å². The van der Waals surface area contributed by atoms with E-state index in [9.17, 15) is 26.4 Å². The predicted molar refractivity (Wildman–Crippen MR) is 120 cm³/mol. The Kier molecular flexibility index (Phi) is 6.57. The average molecular weight is 496 g/mol. The number of likely N-dealkylation sites (tertiary alicyclic amines) is 1. The van der Waals surface area contributed by atoms with E-state index in [0.29, 0.717) is 24.4 Å². The molecule has 0 unspecified atom stereocenters. The molecule has 1 spiro atoms. The number of oxime groups is 1. The molecule has 0 bridgehead atoms. The number of alkyl halides is 3. The van der Waals surface area contributed by atoms with Gasteiger partial charge in [0.1, 0.15) is 0 Å². The molecule has 1 heterocycles. The van der Waals surface area contributed by atoms with Crippen molar-refractivity contribution < 1.29 is 31.2 Å². The summed E-state index contributed by atoms with van der Waals surface area (Å²) >= 11 is 0. The van der Waals surface area contributed by atoms with Crippen LogP contribution < -0.4 is 9.56 Å². The molecule has 1 N–H and O–H groups in total. The number of rotatable bonds is 6. The highest BCUT2D eigenvalue weighted by atomic mass is 32.2. The Balaban J connectivity index is 1.59. The second-order valence-corrected chi connectivity index (χ2v) is 10.2. The van der Waals surface area contributed by atoms with Crippen LogP contribution in [0.4, 0.5) is 18.9 Å². The zero-order valence-electron chi connectivity index (χ0n) is 18.2. The maximum absolute atomic E-state index is 13.5. The van der Waals surface area contributed by atoms with Gasteiger partial charge < -0.3 is 9.74 Å². The van der Waals surface area contributed by atoms with Crippen molar-refractivity contribution in [3.63, 3.8) is 0 Å². The molecule has 2 aromatic carbocycles. The number of amides is 1. The molecule has 1 aliphatic heterocycles. The molecule has 0 aromatic heterocycles. The first-order valence-corrected chi connectivity index (χ1v) is 12.4. The Morgan fingerprint density at radius 2 is 1.65 bits per heavy atom. The van der Waals surface area contributed by atoms with Gasteiger partial charge in [-0.1, -0.05) is 54.4 Å². The van der Waals surface area contributed by atoms with Gasteiger partial charge in [0.2, 0.25) is 0 Å². The summed E-state index contributed by atoms with van der Waals surface area (Å²) < 4.78 is 63.4. The molecule has 4 rings (SSSR count). The van der Waals surface area contributed by atoms with Crippen molar-refractivity contribution in [1.29, 1.82) is 0 Å². The van der Waals surface area contributed by atoms with Crippen molar-refractivity contribution in [2.45, 2.75) is 44.2 Å². The number of carbonyl (C=O) groups excluding carboxylic acids is 1. The van der Waals surface area contributed by atoms with Crippen molar-refractivity contribution >= 4 is 27.3 Å². The molecule has 7 nitrogen and oxygen atoms in total. The summed E-state index contributed by atoms with van der Waals surface area (Å²) in [6.07, 6.45) is 4.21. The minimum Gasteiger partial charge on any atom is -0.357 e. The number of piperidine rings is 1. The molecule has 1 saturated heterocycles. The lowest BCUT2D eigenvalue weighted by molar-refractivity contribution is -0.127. The molecule has 34 heavy (non-hydrogen) atoms. The number of anilines is 1. The molecule has 1 amide bonds. The quantitative estimate of drug-likeness (QED) is 0.590. The number of carbonyl (C=O) groups is 1. The highest BCUT2D eigenvalue weighted by Gasteiger charge is 2.48. The van der Waals surface area contributed by atoms with Crippen LogP contribution in [0.15, 0.2) is 59.8 Å². The van der Waals surface area contributed by atoms with Gasteiger partial charge in [-0.2, -0.15) is 21.6 Å². The molecule has 2 aromatic rings. The SMILES string of the molecule is O=C1/C(=N/Oc2ccccc2)C2(CCCC2)CCN1Cc1ccccc1NS(=O)(=O)C(F)(F)F. The second kappa shape index (κ2) is 9.28. The first-order chi connectivity index (χ1) is 16.1. The lowest BCUT2D eigenvalue weighted by Gasteiger charge is -2.39. The number of nitrogens with zero attached hydrogens (tertiary/aromatic N) is 2. The zero-order chi connectivity index (χ0) is 24.4. The standard InChI is InChI=1S/C23H24F3N3O4S/c24-23(25,26)34(31,32)28-19-11-5-4-8-17(19)16-29-15-14-22(12-6-7-13-22)20(21(29)30)27-33-18-9-2-1-3-10-18/h1-5,8-11,28H,6-7,12-16H2/b27-20-. The summed E-state index contributed by atoms with van der Waals surface area (Å²) in [4.78, 5) is 20.5. The zero-order valence-corrected chi connectivity index (χ0v) is 19.0. The fraction of sp³-hybridized carbons (Fsp3) is 0.391. The number of benzene rings is 2. The van der Waals surface area contributed by atoms with Crippen LogP contribution in [0.2, 0.25) is 0 Å². The lowest BCUT2D eigenvalue weighted by Crippen LogP contribution is -2.51. The molecule has 11 heteroatoms. The van der Waals surface area contributed by atoms with Crippen molar-refractivity contribution in [3.8, 4) is 5.75 Å². The molecular weight excluding hydrogens is 471 g/mol. The molecule has 0 radical (unpaired) electrons. The van der Waals surface area contributed by atoms with Crippen molar-refractivity contribution in [2.75, 3.05) is 11.3 Å². The van der Waals surface area contributed by atoms with Crippen LogP contribution in [-0.2, 0) is 21.4 Å². The Labute approximate surface area is 195 Å². The van der Waals surface area contributed by atoms with E-state index in [1.54, 1.807) is 35.1 Å². The van der Waals surface area contributed by atoms with E-state index in [1.807, 2.05) is 6.07 Å². The fourth-order valence-corrected chi connectivity index (χ4v) is 5.12. The summed E-state index contributed by atoms with van der Waals surface area (Å²) in [5.74, 6) is 0.123. The summed E-state index contributed by atoms with van der Waals surface area (Å²) in [5.41, 5.74) is -5.53. The van der Waals surface area contributed by atoms with Crippen LogP contribution in [0.25, 0.3) is 0 Å². The number of sulfonamides is 1. The van der Waals surface area contributed by atoms with E-state index in [2.05, 4.69) is 5.16 Å². The van der Waals surface area contributed by atoms with Gasteiger partial charge in [-0.05, 0) is 43.0 Å². The van der Waals surface area contributed by atoms with E-state index in [-0.39, 0.29) is 29.1 Å². The molecular formula is C23H24F3N3O4S. The van der Waals surface area contributed by atoms with Crippen LogP contribution in [-0.4, -0.2) is 37.0 Å². The normalized spacial score (nSPS) is 19.6. The number of nitrogens with one attached hydrogen (secondary N) is 1. The molecule has 1 saturated carbocycles. The maximum Gasteiger partial charge on any atom is 0.516 e. The summed E-state index contributed by atoms with van der Waals surface area (Å²) in [7, 11) is -5.59. The van der Waals surface area contributed by atoms with Crippen LogP contribution >= 0.6 is 0 Å². The maximum atomic E-state index is 13.5. The Bertz CT molecular complexity index is 1180. The molecule has 2 fully saturated rings. The van der Waals surface area contributed by atoms with Gasteiger partial charge in [0.05, 0.1) is 5.69 Å². The van der Waals surface area contributed by atoms with Crippen LogP contribution in [0.5, 0.6) is 5.75 Å². The van der Waals surface area contributed by atoms with Gasteiger partial charge in [0, 0.05) is 18.5 Å². The first-order valence-electron chi connectivity index (χ1n) is 10.9. The molecule has 0 atom stereocenters. The van der Waals surface area contributed by atoms with Crippen LogP contribution in [0.1, 0.15) is 37.7 Å². The lowest BCUT2D eigenvalue weighted by atomic mass is 9.75. The topological polar surface area (TPSA) is 88.1 Å². The number of halogens is 3. The Morgan fingerprint density at radius 1 is 1.00 bits per heavy atom. The number of hydrogen-bond donors (Lipinski definition) is 1. The van der Waals surface area contributed by atoms with Crippen molar-refractivity contribution in [1.82, 2.24) is 4.90 Å². The number of para-hydroxylation sites is 2.